The number of hydrogen-bond donors (Lipinski definition) is 0. The maximum absolute atomic E-state index is 11.4. The zero-order chi connectivity index (χ0) is 11.0. The van der Waals surface area contributed by atoms with Gasteiger partial charge in [0.25, 0.3) is 0 Å². The minimum absolute atomic E-state index is 0.0552. The summed E-state index contributed by atoms with van der Waals surface area (Å²) < 4.78 is 10.5. The molecule has 0 N–H and O–H groups in total. The van der Waals surface area contributed by atoms with Crippen LogP contribution >= 0.6 is 22.6 Å². The molecule has 0 spiro atoms. The van der Waals surface area contributed by atoms with E-state index >= 15 is 0 Å². The first kappa shape index (κ1) is 11.2. The number of alkyl halides is 1. The van der Waals surface area contributed by atoms with E-state index in [1.807, 2.05) is 0 Å². The highest BCUT2D eigenvalue weighted by molar-refractivity contribution is 14.1. The summed E-state index contributed by atoms with van der Waals surface area (Å²) >= 11 is 2.29. The van der Waals surface area contributed by atoms with Gasteiger partial charge in [0.2, 0.25) is 0 Å². The van der Waals surface area contributed by atoms with Crippen molar-refractivity contribution in [3.05, 3.63) is 0 Å². The number of hydrogen-bond acceptors (Lipinski definition) is 4. The van der Waals surface area contributed by atoms with Gasteiger partial charge >= 0.3 is 11.9 Å². The molecular formula is C10H13IO4. The van der Waals surface area contributed by atoms with Gasteiger partial charge in [0, 0.05) is 16.8 Å². The number of esters is 2. The van der Waals surface area contributed by atoms with Gasteiger partial charge in [0.1, 0.15) is 6.10 Å². The van der Waals surface area contributed by atoms with Crippen molar-refractivity contribution in [3.8, 4) is 0 Å². The molecule has 2 fully saturated rings. The van der Waals surface area contributed by atoms with E-state index in [0.717, 1.165) is 6.42 Å². The van der Waals surface area contributed by atoms with Crippen LogP contribution in [-0.4, -0.2) is 28.6 Å². The number of cyclic esters (lactones) is 1. The number of ether oxygens (including phenoxy) is 2. The molecule has 5 heteroatoms. The maximum Gasteiger partial charge on any atom is 0.309 e. The predicted molar refractivity (Wildman–Crippen MR) is 60.5 cm³/mol. The maximum atomic E-state index is 11.4. The van der Waals surface area contributed by atoms with Crippen LogP contribution in [0.5, 0.6) is 0 Å². The lowest BCUT2D eigenvalue weighted by atomic mass is 9.80. The number of carbonyl (C=O) groups excluding carboxylic acids is 2. The molecule has 2 aliphatic rings. The van der Waals surface area contributed by atoms with E-state index in [0.29, 0.717) is 22.9 Å². The molecule has 1 saturated heterocycles. The van der Waals surface area contributed by atoms with E-state index in [2.05, 4.69) is 22.6 Å². The van der Waals surface area contributed by atoms with Crippen molar-refractivity contribution in [1.29, 1.82) is 0 Å². The second kappa shape index (κ2) is 4.27. The molecule has 1 aliphatic carbocycles. The van der Waals surface area contributed by atoms with E-state index in [1.165, 1.54) is 6.92 Å². The Bertz CT molecular complexity index is 291. The Morgan fingerprint density at radius 3 is 2.93 bits per heavy atom. The molecule has 0 aromatic heterocycles. The van der Waals surface area contributed by atoms with Crippen molar-refractivity contribution in [2.45, 2.75) is 29.8 Å². The van der Waals surface area contributed by atoms with Crippen LogP contribution in [0.1, 0.15) is 19.8 Å². The first-order chi connectivity index (χ1) is 7.08. The Hall–Kier alpha value is -0.330. The molecule has 1 aliphatic heterocycles. The van der Waals surface area contributed by atoms with Crippen LogP contribution in [0.4, 0.5) is 0 Å². The van der Waals surface area contributed by atoms with Crippen LogP contribution in [-0.2, 0) is 19.1 Å². The molecule has 0 aromatic carbocycles. The lowest BCUT2D eigenvalue weighted by Crippen LogP contribution is -2.38. The summed E-state index contributed by atoms with van der Waals surface area (Å²) in [5.41, 5.74) is 0. The first-order valence-electron chi connectivity index (χ1n) is 5.06. The van der Waals surface area contributed by atoms with Crippen LogP contribution in [0.3, 0.4) is 0 Å². The molecule has 84 valence electrons. The molecule has 0 bridgehead atoms. The van der Waals surface area contributed by atoms with Crippen LogP contribution < -0.4 is 0 Å². The first-order valence-corrected chi connectivity index (χ1v) is 6.30. The Balaban J connectivity index is 2.03. The standard InChI is InChI=1S/C10H13IO4/c1-5(12)15-9-3-7-6(2-8(9)11)4-14-10(7)13/h6-9H,2-4H2,1H3/t6-,7-,8+,9+/m1/s1. The van der Waals surface area contributed by atoms with E-state index in [1.54, 1.807) is 0 Å². The van der Waals surface area contributed by atoms with Gasteiger partial charge in [-0.1, -0.05) is 22.6 Å². The molecule has 0 radical (unpaired) electrons. The summed E-state index contributed by atoms with van der Waals surface area (Å²) in [5.74, 6) is -0.126. The van der Waals surface area contributed by atoms with E-state index in [9.17, 15) is 9.59 Å². The molecule has 0 unspecified atom stereocenters. The monoisotopic (exact) mass is 324 g/mol. The smallest absolute Gasteiger partial charge is 0.309 e. The largest absolute Gasteiger partial charge is 0.465 e. The second-order valence-electron chi connectivity index (χ2n) is 4.13. The van der Waals surface area contributed by atoms with Crippen LogP contribution in [0.25, 0.3) is 0 Å². The van der Waals surface area contributed by atoms with Gasteiger partial charge in [0.05, 0.1) is 12.5 Å². The summed E-state index contributed by atoms with van der Waals surface area (Å²) in [6, 6.07) is 0. The van der Waals surface area contributed by atoms with Gasteiger partial charge in [-0.25, -0.2) is 0 Å². The van der Waals surface area contributed by atoms with Gasteiger partial charge in [-0.2, -0.15) is 0 Å². The Morgan fingerprint density at radius 2 is 2.27 bits per heavy atom. The van der Waals surface area contributed by atoms with Crippen LogP contribution in [0.2, 0.25) is 0 Å². The molecule has 0 aromatic rings. The van der Waals surface area contributed by atoms with Crippen molar-refractivity contribution >= 4 is 34.5 Å². The quantitative estimate of drug-likeness (QED) is 0.415. The molecule has 0 amide bonds. The zero-order valence-corrected chi connectivity index (χ0v) is 10.6. The minimum atomic E-state index is -0.272. The third kappa shape index (κ3) is 2.26. The summed E-state index contributed by atoms with van der Waals surface area (Å²) in [6.45, 7) is 1.94. The minimum Gasteiger partial charge on any atom is -0.465 e. The number of halogens is 1. The highest BCUT2D eigenvalue weighted by atomic mass is 127. The Labute approximate surface area is 102 Å². The summed E-state index contributed by atoms with van der Waals surface area (Å²) in [5, 5.41) is 0. The zero-order valence-electron chi connectivity index (χ0n) is 8.44. The lowest BCUT2D eigenvalue weighted by molar-refractivity contribution is -0.151. The fraction of sp³-hybridized carbons (Fsp3) is 0.800. The Kier molecular flexibility index (Phi) is 3.18. The number of carbonyl (C=O) groups is 2. The molecule has 4 nitrogen and oxygen atoms in total. The van der Waals surface area contributed by atoms with Crippen molar-refractivity contribution < 1.29 is 19.1 Å². The SMILES string of the molecule is CC(=O)O[C@H]1C[C@H]2C(=O)OC[C@H]2C[C@@H]1I. The summed E-state index contributed by atoms with van der Waals surface area (Å²) in [6.07, 6.45) is 1.39. The van der Waals surface area contributed by atoms with Crippen LogP contribution in [0.15, 0.2) is 0 Å². The van der Waals surface area contributed by atoms with Crippen molar-refractivity contribution in [1.82, 2.24) is 0 Å². The van der Waals surface area contributed by atoms with E-state index in [4.69, 9.17) is 9.47 Å². The number of fused-ring (bicyclic) bond motifs is 1. The van der Waals surface area contributed by atoms with Crippen molar-refractivity contribution in [3.63, 3.8) is 0 Å². The van der Waals surface area contributed by atoms with Crippen LogP contribution in [0, 0.1) is 11.8 Å². The molecule has 4 atom stereocenters. The van der Waals surface area contributed by atoms with Gasteiger partial charge in [0.15, 0.2) is 0 Å². The molecule has 15 heavy (non-hydrogen) atoms. The second-order valence-corrected chi connectivity index (χ2v) is 5.73. The fourth-order valence-electron chi connectivity index (χ4n) is 2.30. The van der Waals surface area contributed by atoms with Crippen molar-refractivity contribution in [2.24, 2.45) is 11.8 Å². The molecule has 2 rings (SSSR count). The average molecular weight is 324 g/mol. The van der Waals surface area contributed by atoms with Gasteiger partial charge in [-0.15, -0.1) is 0 Å². The predicted octanol–water partition coefficient (Wildman–Crippen LogP) is 1.30. The normalized spacial score (nSPS) is 39.5. The van der Waals surface area contributed by atoms with Gasteiger partial charge in [-0.05, 0) is 12.8 Å². The fourth-order valence-corrected chi connectivity index (χ4v) is 3.39. The molecular weight excluding hydrogens is 311 g/mol. The topological polar surface area (TPSA) is 52.6 Å². The van der Waals surface area contributed by atoms with Crippen molar-refractivity contribution in [2.75, 3.05) is 6.61 Å². The summed E-state index contributed by atoms with van der Waals surface area (Å²) in [7, 11) is 0. The van der Waals surface area contributed by atoms with E-state index < -0.39 is 0 Å². The highest BCUT2D eigenvalue weighted by Crippen LogP contribution is 2.40. The number of rotatable bonds is 1. The Morgan fingerprint density at radius 1 is 1.53 bits per heavy atom. The van der Waals surface area contributed by atoms with Gasteiger partial charge in [-0.3, -0.25) is 9.59 Å². The average Bonchev–Trinajstić information content (AvgIpc) is 2.48. The highest BCUT2D eigenvalue weighted by Gasteiger charge is 2.45. The lowest BCUT2D eigenvalue weighted by Gasteiger charge is -2.32. The third-order valence-electron chi connectivity index (χ3n) is 3.05. The van der Waals surface area contributed by atoms with E-state index in [-0.39, 0.29) is 24.0 Å². The summed E-state index contributed by atoms with van der Waals surface area (Å²) in [4.78, 5) is 22.3. The molecule has 1 heterocycles. The third-order valence-corrected chi connectivity index (χ3v) is 4.36. The van der Waals surface area contributed by atoms with Gasteiger partial charge < -0.3 is 9.47 Å². The molecule has 1 saturated carbocycles.